The molecule has 5 heteroatoms. The quantitative estimate of drug-likeness (QED) is 0.794. The predicted molar refractivity (Wildman–Crippen MR) is 77.4 cm³/mol. The zero-order valence-corrected chi connectivity index (χ0v) is 12.3. The zero-order valence-electron chi connectivity index (χ0n) is 12.3. The first-order chi connectivity index (χ1) is 9.49. The molecule has 0 unspecified atom stereocenters. The first-order valence-corrected chi connectivity index (χ1v) is 6.66. The Balaban J connectivity index is 2.86. The van der Waals surface area contributed by atoms with Crippen LogP contribution in [0.2, 0.25) is 0 Å². The van der Waals surface area contributed by atoms with E-state index in [0.717, 1.165) is 12.0 Å². The second kappa shape index (κ2) is 7.65. The number of rotatable bonds is 6. The number of carbonyl (C=O) groups excluding carboxylic acids is 2. The molecule has 20 heavy (non-hydrogen) atoms. The van der Waals surface area contributed by atoms with Gasteiger partial charge in [-0.15, -0.1) is 0 Å². The van der Waals surface area contributed by atoms with E-state index in [0.29, 0.717) is 12.1 Å². The average Bonchev–Trinajstić information content (AvgIpc) is 2.44. The topological polar surface area (TPSA) is 72.6 Å². The molecule has 0 bridgehead atoms. The normalized spacial score (nSPS) is 10.4. The van der Waals surface area contributed by atoms with Crippen LogP contribution < -0.4 is 5.73 Å². The maximum atomic E-state index is 12.4. The second-order valence-corrected chi connectivity index (χ2v) is 4.84. The van der Waals surface area contributed by atoms with E-state index in [-0.39, 0.29) is 18.5 Å². The molecule has 1 rings (SSSR count). The summed E-state index contributed by atoms with van der Waals surface area (Å²) in [6, 6.07) is 7.22. The Bertz CT molecular complexity index is 455. The summed E-state index contributed by atoms with van der Waals surface area (Å²) in [5.74, 6) is -0.600. The van der Waals surface area contributed by atoms with Crippen LogP contribution in [0.15, 0.2) is 24.3 Å². The summed E-state index contributed by atoms with van der Waals surface area (Å²) in [6.45, 7) is 4.26. The molecule has 5 nitrogen and oxygen atoms in total. The fraction of sp³-hybridized carbons (Fsp3) is 0.467. The fourth-order valence-electron chi connectivity index (χ4n) is 1.84. The van der Waals surface area contributed by atoms with Crippen molar-refractivity contribution in [2.45, 2.75) is 26.3 Å². The van der Waals surface area contributed by atoms with E-state index in [1.807, 2.05) is 26.0 Å². The van der Waals surface area contributed by atoms with Crippen LogP contribution in [0.4, 0.5) is 0 Å². The molecular weight excluding hydrogens is 256 g/mol. The molecule has 0 atom stereocenters. The van der Waals surface area contributed by atoms with Gasteiger partial charge >= 0.3 is 5.97 Å². The lowest BCUT2D eigenvalue weighted by Crippen LogP contribution is -2.41. The lowest BCUT2D eigenvalue weighted by molar-refractivity contribution is -0.141. The lowest BCUT2D eigenvalue weighted by Gasteiger charge is -2.25. The molecule has 0 aliphatic rings. The molecule has 0 spiro atoms. The van der Waals surface area contributed by atoms with E-state index in [9.17, 15) is 9.59 Å². The zero-order chi connectivity index (χ0) is 15.1. The summed E-state index contributed by atoms with van der Waals surface area (Å²) >= 11 is 0. The van der Waals surface area contributed by atoms with Crippen molar-refractivity contribution in [1.82, 2.24) is 4.90 Å². The third-order valence-corrected chi connectivity index (χ3v) is 3.05. The molecule has 0 aromatic heterocycles. The fourth-order valence-corrected chi connectivity index (χ4v) is 1.84. The largest absolute Gasteiger partial charge is 0.468 e. The van der Waals surface area contributed by atoms with Gasteiger partial charge in [0.25, 0.3) is 5.91 Å². The van der Waals surface area contributed by atoms with E-state index in [1.165, 1.54) is 12.0 Å². The van der Waals surface area contributed by atoms with Crippen LogP contribution in [0.25, 0.3) is 0 Å². The van der Waals surface area contributed by atoms with Crippen molar-refractivity contribution in [3.63, 3.8) is 0 Å². The van der Waals surface area contributed by atoms with Gasteiger partial charge in [0.1, 0.15) is 6.54 Å². The lowest BCUT2D eigenvalue weighted by atomic mass is 10.1. The standard InChI is InChI=1S/C15H22N2O3/c1-11(2)17(10-14(18)20-3)15(19)13-6-4-12(5-7-13)8-9-16/h4-7,11H,8-10,16H2,1-3H3. The van der Waals surface area contributed by atoms with E-state index >= 15 is 0 Å². The van der Waals surface area contributed by atoms with E-state index < -0.39 is 5.97 Å². The molecule has 0 saturated carbocycles. The number of amides is 1. The molecule has 0 radical (unpaired) electrons. The molecule has 0 heterocycles. The summed E-state index contributed by atoms with van der Waals surface area (Å²) in [5, 5.41) is 0. The van der Waals surface area contributed by atoms with Crippen LogP contribution in [0, 0.1) is 0 Å². The van der Waals surface area contributed by atoms with Gasteiger partial charge in [0.15, 0.2) is 0 Å². The third-order valence-electron chi connectivity index (χ3n) is 3.05. The van der Waals surface area contributed by atoms with Crippen molar-refractivity contribution >= 4 is 11.9 Å². The maximum Gasteiger partial charge on any atom is 0.325 e. The number of esters is 1. The number of nitrogens with two attached hydrogens (primary N) is 1. The highest BCUT2D eigenvalue weighted by molar-refractivity contribution is 5.96. The van der Waals surface area contributed by atoms with Crippen LogP contribution in [-0.4, -0.2) is 43.0 Å². The average molecular weight is 278 g/mol. The van der Waals surface area contributed by atoms with E-state index in [2.05, 4.69) is 4.74 Å². The van der Waals surface area contributed by atoms with Gasteiger partial charge in [0, 0.05) is 11.6 Å². The number of hydrogen-bond donors (Lipinski definition) is 1. The minimum absolute atomic E-state index is 0.0441. The van der Waals surface area contributed by atoms with Crippen LogP contribution in [0.5, 0.6) is 0 Å². The van der Waals surface area contributed by atoms with Crippen molar-refractivity contribution in [2.24, 2.45) is 5.73 Å². The number of ether oxygens (including phenoxy) is 1. The molecule has 1 aromatic rings. The Hall–Kier alpha value is -1.88. The van der Waals surface area contributed by atoms with Crippen molar-refractivity contribution in [3.05, 3.63) is 35.4 Å². The molecule has 2 N–H and O–H groups in total. The maximum absolute atomic E-state index is 12.4. The van der Waals surface area contributed by atoms with Crippen molar-refractivity contribution in [2.75, 3.05) is 20.2 Å². The molecule has 0 aliphatic carbocycles. The number of hydrogen-bond acceptors (Lipinski definition) is 4. The second-order valence-electron chi connectivity index (χ2n) is 4.84. The van der Waals surface area contributed by atoms with Crippen molar-refractivity contribution in [3.8, 4) is 0 Å². The molecule has 1 aromatic carbocycles. The van der Waals surface area contributed by atoms with E-state index in [1.54, 1.807) is 12.1 Å². The Morgan fingerprint density at radius 3 is 2.30 bits per heavy atom. The molecule has 110 valence electrons. The molecule has 0 saturated heterocycles. The van der Waals surface area contributed by atoms with Gasteiger partial charge in [-0.2, -0.15) is 0 Å². The van der Waals surface area contributed by atoms with Gasteiger partial charge in [-0.3, -0.25) is 9.59 Å². The van der Waals surface area contributed by atoms with Gasteiger partial charge in [0.05, 0.1) is 7.11 Å². The number of carbonyl (C=O) groups is 2. The third kappa shape index (κ3) is 4.35. The van der Waals surface area contributed by atoms with Crippen molar-refractivity contribution < 1.29 is 14.3 Å². The first-order valence-electron chi connectivity index (χ1n) is 6.66. The summed E-state index contributed by atoms with van der Waals surface area (Å²) in [5.41, 5.74) is 7.14. The summed E-state index contributed by atoms with van der Waals surface area (Å²) in [6.07, 6.45) is 0.782. The summed E-state index contributed by atoms with van der Waals surface area (Å²) in [4.78, 5) is 25.3. The van der Waals surface area contributed by atoms with Gasteiger partial charge in [0.2, 0.25) is 0 Å². The van der Waals surface area contributed by atoms with E-state index in [4.69, 9.17) is 5.73 Å². The highest BCUT2D eigenvalue weighted by atomic mass is 16.5. The monoisotopic (exact) mass is 278 g/mol. The molecular formula is C15H22N2O3. The van der Waals surface area contributed by atoms with Crippen LogP contribution in [-0.2, 0) is 16.0 Å². The Labute approximate surface area is 119 Å². The highest BCUT2D eigenvalue weighted by Gasteiger charge is 2.21. The molecule has 0 aliphatic heterocycles. The van der Waals surface area contributed by atoms with Crippen LogP contribution in [0.3, 0.4) is 0 Å². The minimum Gasteiger partial charge on any atom is -0.468 e. The number of methoxy groups -OCH3 is 1. The first kappa shape index (κ1) is 16.2. The number of nitrogens with zero attached hydrogens (tertiary/aromatic N) is 1. The summed E-state index contributed by atoms with van der Waals surface area (Å²) in [7, 11) is 1.31. The van der Waals surface area contributed by atoms with Gasteiger partial charge in [-0.1, -0.05) is 12.1 Å². The Kier molecular flexibility index (Phi) is 6.18. The SMILES string of the molecule is COC(=O)CN(C(=O)c1ccc(CCN)cc1)C(C)C. The smallest absolute Gasteiger partial charge is 0.325 e. The predicted octanol–water partition coefficient (Wildman–Crippen LogP) is 1.21. The Morgan fingerprint density at radius 2 is 1.85 bits per heavy atom. The van der Waals surface area contributed by atoms with Gasteiger partial charge < -0.3 is 15.4 Å². The van der Waals surface area contributed by atoms with Crippen LogP contribution >= 0.6 is 0 Å². The van der Waals surface area contributed by atoms with Crippen molar-refractivity contribution in [1.29, 1.82) is 0 Å². The molecule has 0 fully saturated rings. The van der Waals surface area contributed by atoms with Gasteiger partial charge in [-0.05, 0) is 44.5 Å². The van der Waals surface area contributed by atoms with Gasteiger partial charge in [-0.25, -0.2) is 0 Å². The molecule has 1 amide bonds. The Morgan fingerprint density at radius 1 is 1.25 bits per heavy atom. The van der Waals surface area contributed by atoms with Crippen LogP contribution in [0.1, 0.15) is 29.8 Å². The highest BCUT2D eigenvalue weighted by Crippen LogP contribution is 2.11. The summed E-state index contributed by atoms with van der Waals surface area (Å²) < 4.78 is 4.62. The minimum atomic E-state index is -0.424. The number of benzene rings is 1.